The number of halogens is 1. The fraction of sp³-hybridized carbons (Fsp3) is 0.625. The highest BCUT2D eigenvalue weighted by molar-refractivity contribution is 9.10. The maximum Gasteiger partial charge on any atom is 0.0802 e. The van der Waals surface area contributed by atoms with Gasteiger partial charge in [-0.15, -0.1) is 0 Å². The zero-order valence-corrected chi connectivity index (χ0v) is 13.4. The van der Waals surface area contributed by atoms with Crippen LogP contribution in [0.2, 0.25) is 0 Å². The molecule has 1 aromatic rings. The van der Waals surface area contributed by atoms with Gasteiger partial charge in [0.25, 0.3) is 0 Å². The summed E-state index contributed by atoms with van der Waals surface area (Å²) >= 11 is 3.42. The van der Waals surface area contributed by atoms with Gasteiger partial charge in [-0.3, -0.25) is 0 Å². The van der Waals surface area contributed by atoms with E-state index in [1.807, 2.05) is 24.3 Å². The molecule has 0 aliphatic heterocycles. The zero-order valence-electron chi connectivity index (χ0n) is 11.8. The van der Waals surface area contributed by atoms with Crippen molar-refractivity contribution in [1.29, 1.82) is 0 Å². The van der Waals surface area contributed by atoms with Crippen molar-refractivity contribution in [2.75, 3.05) is 13.1 Å². The van der Waals surface area contributed by atoms with Crippen LogP contribution in [-0.4, -0.2) is 29.1 Å². The second kappa shape index (κ2) is 6.87. The van der Waals surface area contributed by atoms with Crippen molar-refractivity contribution in [2.24, 2.45) is 5.92 Å². The maximum absolute atomic E-state index is 10.3. The van der Waals surface area contributed by atoms with E-state index in [4.69, 9.17) is 0 Å². The van der Waals surface area contributed by atoms with E-state index in [1.54, 1.807) is 0 Å². The standard InChI is InChI=1S/C16H24BrNO/c1-12(2)11-18(15-7-8-15)10-9-16(19)13-3-5-14(17)6-4-13/h3-6,12,15-16,19H,7-11H2,1-2H3. The summed E-state index contributed by atoms with van der Waals surface area (Å²) in [5, 5.41) is 10.3. The number of hydrogen-bond acceptors (Lipinski definition) is 2. The van der Waals surface area contributed by atoms with Gasteiger partial charge in [0.15, 0.2) is 0 Å². The first-order valence-electron chi connectivity index (χ1n) is 7.24. The fourth-order valence-corrected chi connectivity index (χ4v) is 2.74. The van der Waals surface area contributed by atoms with E-state index in [2.05, 4.69) is 34.7 Å². The van der Waals surface area contributed by atoms with E-state index in [-0.39, 0.29) is 6.10 Å². The SMILES string of the molecule is CC(C)CN(CCC(O)c1ccc(Br)cc1)C1CC1. The largest absolute Gasteiger partial charge is 0.388 e. The summed E-state index contributed by atoms with van der Waals surface area (Å²) in [6.07, 6.45) is 3.15. The molecule has 1 aromatic carbocycles. The van der Waals surface area contributed by atoms with Gasteiger partial charge in [0, 0.05) is 23.6 Å². The van der Waals surface area contributed by atoms with Gasteiger partial charge >= 0.3 is 0 Å². The van der Waals surface area contributed by atoms with Crippen LogP contribution in [0.1, 0.15) is 44.8 Å². The van der Waals surface area contributed by atoms with Gasteiger partial charge in [0.05, 0.1) is 6.10 Å². The molecule has 0 radical (unpaired) electrons. The number of rotatable bonds is 7. The number of aliphatic hydroxyl groups excluding tert-OH is 1. The maximum atomic E-state index is 10.3. The smallest absolute Gasteiger partial charge is 0.0802 e. The van der Waals surface area contributed by atoms with E-state index in [0.29, 0.717) is 5.92 Å². The minimum absolute atomic E-state index is 0.346. The van der Waals surface area contributed by atoms with Crippen LogP contribution in [-0.2, 0) is 0 Å². The lowest BCUT2D eigenvalue weighted by Crippen LogP contribution is -2.31. The Hall–Kier alpha value is -0.380. The van der Waals surface area contributed by atoms with Crippen molar-refractivity contribution >= 4 is 15.9 Å². The summed E-state index contributed by atoms with van der Waals surface area (Å²) in [5.74, 6) is 0.699. The molecule has 2 rings (SSSR count). The Labute approximate surface area is 124 Å². The van der Waals surface area contributed by atoms with Gasteiger partial charge in [-0.2, -0.15) is 0 Å². The van der Waals surface area contributed by atoms with Crippen LogP contribution < -0.4 is 0 Å². The first-order valence-corrected chi connectivity index (χ1v) is 8.03. The molecule has 0 saturated heterocycles. The number of hydrogen-bond donors (Lipinski definition) is 1. The molecule has 1 saturated carbocycles. The molecule has 0 amide bonds. The lowest BCUT2D eigenvalue weighted by molar-refractivity contribution is 0.134. The van der Waals surface area contributed by atoms with Gasteiger partial charge in [0.2, 0.25) is 0 Å². The predicted molar refractivity (Wildman–Crippen MR) is 83.2 cm³/mol. The predicted octanol–water partition coefficient (Wildman–Crippen LogP) is 3.99. The fourth-order valence-electron chi connectivity index (χ4n) is 2.47. The molecule has 2 nitrogen and oxygen atoms in total. The number of aliphatic hydroxyl groups is 1. The Morgan fingerprint density at radius 3 is 2.42 bits per heavy atom. The summed E-state index contributed by atoms with van der Waals surface area (Å²) in [4.78, 5) is 2.55. The Bertz CT molecular complexity index is 386. The monoisotopic (exact) mass is 325 g/mol. The van der Waals surface area contributed by atoms with E-state index < -0.39 is 0 Å². The topological polar surface area (TPSA) is 23.5 Å². The van der Waals surface area contributed by atoms with E-state index in [1.165, 1.54) is 12.8 Å². The summed E-state index contributed by atoms with van der Waals surface area (Å²) < 4.78 is 1.06. The highest BCUT2D eigenvalue weighted by atomic mass is 79.9. The second-order valence-corrected chi connectivity index (χ2v) is 6.89. The number of nitrogens with zero attached hydrogens (tertiary/aromatic N) is 1. The van der Waals surface area contributed by atoms with Crippen molar-refractivity contribution < 1.29 is 5.11 Å². The minimum Gasteiger partial charge on any atom is -0.388 e. The van der Waals surface area contributed by atoms with Crippen LogP contribution in [0.3, 0.4) is 0 Å². The van der Waals surface area contributed by atoms with Gasteiger partial charge in [-0.1, -0.05) is 41.9 Å². The zero-order chi connectivity index (χ0) is 13.8. The van der Waals surface area contributed by atoms with Crippen LogP contribution in [0.25, 0.3) is 0 Å². The third kappa shape index (κ3) is 4.90. The lowest BCUT2D eigenvalue weighted by atomic mass is 10.1. The summed E-state index contributed by atoms with van der Waals surface area (Å²) in [7, 11) is 0. The van der Waals surface area contributed by atoms with Crippen molar-refractivity contribution in [3.05, 3.63) is 34.3 Å². The molecule has 1 aliphatic carbocycles. The average Bonchev–Trinajstić information content (AvgIpc) is 3.18. The molecule has 19 heavy (non-hydrogen) atoms. The Morgan fingerprint density at radius 1 is 1.26 bits per heavy atom. The summed E-state index contributed by atoms with van der Waals surface area (Å²) in [5.41, 5.74) is 1.02. The molecule has 0 bridgehead atoms. The minimum atomic E-state index is -0.346. The van der Waals surface area contributed by atoms with Crippen LogP contribution in [0, 0.1) is 5.92 Å². The Morgan fingerprint density at radius 2 is 1.89 bits per heavy atom. The molecular formula is C16H24BrNO. The van der Waals surface area contributed by atoms with Crippen LogP contribution >= 0.6 is 15.9 Å². The molecule has 0 spiro atoms. The molecule has 1 atom stereocenters. The van der Waals surface area contributed by atoms with E-state index in [9.17, 15) is 5.11 Å². The molecule has 1 N–H and O–H groups in total. The van der Waals surface area contributed by atoms with Crippen LogP contribution in [0.4, 0.5) is 0 Å². The normalized spacial score (nSPS) is 17.2. The van der Waals surface area contributed by atoms with Gasteiger partial charge < -0.3 is 10.0 Å². The first-order chi connectivity index (χ1) is 9.06. The molecule has 1 unspecified atom stereocenters. The first kappa shape index (κ1) is 15.0. The van der Waals surface area contributed by atoms with Gasteiger partial charge in [-0.05, 0) is 42.9 Å². The molecule has 1 fully saturated rings. The van der Waals surface area contributed by atoms with E-state index >= 15 is 0 Å². The Kier molecular flexibility index (Phi) is 5.43. The van der Waals surface area contributed by atoms with Crippen molar-refractivity contribution in [3.8, 4) is 0 Å². The highest BCUT2D eigenvalue weighted by Gasteiger charge is 2.29. The average molecular weight is 326 g/mol. The Balaban J connectivity index is 1.84. The van der Waals surface area contributed by atoms with Crippen LogP contribution in [0.5, 0.6) is 0 Å². The quantitative estimate of drug-likeness (QED) is 0.819. The molecule has 0 heterocycles. The third-order valence-corrected chi connectivity index (χ3v) is 4.14. The summed E-state index contributed by atoms with van der Waals surface area (Å²) in [6, 6.07) is 8.76. The highest BCUT2D eigenvalue weighted by Crippen LogP contribution is 2.29. The number of benzene rings is 1. The lowest BCUT2D eigenvalue weighted by Gasteiger charge is -2.25. The summed E-state index contributed by atoms with van der Waals surface area (Å²) in [6.45, 7) is 6.68. The third-order valence-electron chi connectivity index (χ3n) is 3.61. The molecule has 106 valence electrons. The molecule has 3 heteroatoms. The van der Waals surface area contributed by atoms with Crippen molar-refractivity contribution in [1.82, 2.24) is 4.90 Å². The van der Waals surface area contributed by atoms with Gasteiger partial charge in [0.1, 0.15) is 0 Å². The van der Waals surface area contributed by atoms with Gasteiger partial charge in [-0.25, -0.2) is 0 Å². The van der Waals surface area contributed by atoms with E-state index in [0.717, 1.165) is 35.6 Å². The van der Waals surface area contributed by atoms with Crippen molar-refractivity contribution in [3.63, 3.8) is 0 Å². The molecule has 1 aliphatic rings. The van der Waals surface area contributed by atoms with Crippen molar-refractivity contribution in [2.45, 2.75) is 45.3 Å². The molecule has 0 aromatic heterocycles. The molecular weight excluding hydrogens is 302 g/mol. The van der Waals surface area contributed by atoms with Crippen LogP contribution in [0.15, 0.2) is 28.7 Å². The second-order valence-electron chi connectivity index (χ2n) is 5.98.